The van der Waals surface area contributed by atoms with Crippen molar-refractivity contribution in [3.63, 3.8) is 0 Å². The number of fused-ring (bicyclic) bond motifs is 6. The van der Waals surface area contributed by atoms with Crippen molar-refractivity contribution in [1.29, 1.82) is 0 Å². The van der Waals surface area contributed by atoms with Crippen molar-refractivity contribution >= 4 is 43.6 Å². The molecule has 4 aromatic heterocycles. The Kier molecular flexibility index (Phi) is 7.46. The van der Waals surface area contributed by atoms with Crippen LogP contribution in [0.25, 0.3) is 99.9 Å². The van der Waals surface area contributed by atoms with E-state index in [1.165, 1.54) is 60.4 Å². The number of nitrogens with zero attached hydrogens (tertiary/aromatic N) is 4. The van der Waals surface area contributed by atoms with Gasteiger partial charge in [-0.2, -0.15) is 0 Å². The van der Waals surface area contributed by atoms with Gasteiger partial charge in [0, 0.05) is 55.8 Å². The predicted molar refractivity (Wildman–Crippen MR) is 232 cm³/mol. The second-order valence-electron chi connectivity index (χ2n) is 14.3. The fraction of sp³-hybridized carbons (Fsp3) is 0. The van der Waals surface area contributed by atoms with E-state index in [1.807, 2.05) is 24.4 Å². The van der Waals surface area contributed by atoms with E-state index >= 15 is 0 Å². The van der Waals surface area contributed by atoms with E-state index in [-0.39, 0.29) is 0 Å². The van der Waals surface area contributed by atoms with Crippen molar-refractivity contribution in [2.75, 3.05) is 0 Å². The molecule has 0 saturated heterocycles. The molecule has 0 spiro atoms. The third-order valence-electron chi connectivity index (χ3n) is 11.0. The van der Waals surface area contributed by atoms with Crippen LogP contribution in [-0.4, -0.2) is 19.1 Å². The first-order valence-electron chi connectivity index (χ1n) is 19.0. The van der Waals surface area contributed by atoms with Gasteiger partial charge in [0.25, 0.3) is 0 Å². The van der Waals surface area contributed by atoms with Crippen LogP contribution in [0.5, 0.6) is 0 Å². The highest BCUT2D eigenvalue weighted by atomic mass is 15.0. The Morgan fingerprint density at radius 1 is 0.286 bits per heavy atom. The van der Waals surface area contributed by atoms with Crippen molar-refractivity contribution in [2.24, 2.45) is 0 Å². The standard InChI is InChI=1S/C52H34N4/c1-3-13-35(14-4-1)46-28-25-39(34-53-46)48-22-12-21-47(54-48)38-15-11-18-41(31-38)56-50-24-10-8-20-43(50)45-33-37(27-30-52(45)56)36-26-29-51-44(32-36)42-19-7-9-23-49(42)55(51)40-16-5-2-6-17-40/h1-34H. The number of hydrogen-bond donors (Lipinski definition) is 0. The minimum absolute atomic E-state index is 0.896. The summed E-state index contributed by atoms with van der Waals surface area (Å²) < 4.78 is 4.75. The largest absolute Gasteiger partial charge is 0.309 e. The summed E-state index contributed by atoms with van der Waals surface area (Å²) in [5.41, 5.74) is 15.3. The highest BCUT2D eigenvalue weighted by molar-refractivity contribution is 6.12. The maximum absolute atomic E-state index is 5.12. The van der Waals surface area contributed by atoms with E-state index in [4.69, 9.17) is 9.97 Å². The van der Waals surface area contributed by atoms with E-state index in [0.717, 1.165) is 39.5 Å². The van der Waals surface area contributed by atoms with Crippen molar-refractivity contribution in [3.05, 3.63) is 206 Å². The van der Waals surface area contributed by atoms with Gasteiger partial charge in [0.05, 0.1) is 39.1 Å². The Labute approximate surface area is 324 Å². The Morgan fingerprint density at radius 2 is 0.786 bits per heavy atom. The lowest BCUT2D eigenvalue weighted by atomic mass is 10.0. The Morgan fingerprint density at radius 3 is 1.43 bits per heavy atom. The van der Waals surface area contributed by atoms with Gasteiger partial charge in [-0.1, -0.05) is 115 Å². The normalized spacial score (nSPS) is 11.6. The van der Waals surface area contributed by atoms with Crippen molar-refractivity contribution in [3.8, 4) is 56.3 Å². The Bertz CT molecular complexity index is 3230. The number of hydrogen-bond acceptors (Lipinski definition) is 2. The summed E-state index contributed by atoms with van der Waals surface area (Å²) in [4.78, 5) is 9.87. The topological polar surface area (TPSA) is 35.6 Å². The maximum Gasteiger partial charge on any atom is 0.0725 e. The van der Waals surface area contributed by atoms with Gasteiger partial charge in [-0.05, 0) is 96.1 Å². The van der Waals surface area contributed by atoms with E-state index in [9.17, 15) is 0 Å². The molecule has 0 saturated carbocycles. The van der Waals surface area contributed by atoms with Gasteiger partial charge >= 0.3 is 0 Å². The summed E-state index contributed by atoms with van der Waals surface area (Å²) in [7, 11) is 0. The zero-order chi connectivity index (χ0) is 37.0. The number of benzene rings is 7. The maximum atomic E-state index is 5.12. The second-order valence-corrected chi connectivity index (χ2v) is 14.3. The molecule has 11 rings (SSSR count). The molecule has 0 N–H and O–H groups in total. The SMILES string of the molecule is c1ccc(-c2ccc(-c3cccc(-c4cccc(-n5c6ccccc6c6cc(-c7ccc8c(c7)c7ccccc7n8-c7ccccc7)ccc65)c4)n3)cn2)cc1. The number of rotatable bonds is 6. The van der Waals surface area contributed by atoms with Gasteiger partial charge in [-0.3, -0.25) is 4.98 Å². The Hall–Kier alpha value is -7.56. The summed E-state index contributed by atoms with van der Waals surface area (Å²) in [6.45, 7) is 0. The monoisotopic (exact) mass is 714 g/mol. The average molecular weight is 715 g/mol. The zero-order valence-electron chi connectivity index (χ0n) is 30.4. The molecule has 0 atom stereocenters. The minimum atomic E-state index is 0.896. The van der Waals surface area contributed by atoms with E-state index in [2.05, 4.69) is 191 Å². The summed E-state index contributed by atoms with van der Waals surface area (Å²) in [5.74, 6) is 0. The third kappa shape index (κ3) is 5.31. The van der Waals surface area contributed by atoms with Crippen LogP contribution in [0.1, 0.15) is 0 Å². The quantitative estimate of drug-likeness (QED) is 0.172. The fourth-order valence-corrected chi connectivity index (χ4v) is 8.32. The molecular formula is C52H34N4. The van der Waals surface area contributed by atoms with Crippen LogP contribution in [0.2, 0.25) is 0 Å². The third-order valence-corrected chi connectivity index (χ3v) is 11.0. The minimum Gasteiger partial charge on any atom is -0.309 e. The molecule has 0 aliphatic carbocycles. The number of pyridine rings is 2. The number of aromatic nitrogens is 4. The van der Waals surface area contributed by atoms with Crippen LogP contribution < -0.4 is 0 Å². The van der Waals surface area contributed by atoms with Crippen LogP contribution in [0.4, 0.5) is 0 Å². The van der Waals surface area contributed by atoms with Gasteiger partial charge in [0.15, 0.2) is 0 Å². The number of para-hydroxylation sites is 3. The van der Waals surface area contributed by atoms with Crippen molar-refractivity contribution < 1.29 is 0 Å². The molecule has 56 heavy (non-hydrogen) atoms. The fourth-order valence-electron chi connectivity index (χ4n) is 8.32. The van der Waals surface area contributed by atoms with Gasteiger partial charge in [-0.25, -0.2) is 4.98 Å². The molecule has 0 bridgehead atoms. The van der Waals surface area contributed by atoms with Gasteiger partial charge in [0.2, 0.25) is 0 Å². The first kappa shape index (κ1) is 31.9. The molecule has 262 valence electrons. The average Bonchev–Trinajstić information content (AvgIpc) is 3.79. The molecule has 4 heteroatoms. The molecule has 0 unspecified atom stereocenters. The van der Waals surface area contributed by atoms with Gasteiger partial charge in [-0.15, -0.1) is 0 Å². The second kappa shape index (κ2) is 13.1. The first-order valence-corrected chi connectivity index (χ1v) is 19.0. The van der Waals surface area contributed by atoms with E-state index in [1.54, 1.807) is 0 Å². The lowest BCUT2D eigenvalue weighted by molar-refractivity contribution is 1.18. The molecule has 0 aliphatic rings. The zero-order valence-corrected chi connectivity index (χ0v) is 30.4. The summed E-state index contributed by atoms with van der Waals surface area (Å²) in [6.07, 6.45) is 1.91. The van der Waals surface area contributed by atoms with Crippen molar-refractivity contribution in [2.45, 2.75) is 0 Å². The van der Waals surface area contributed by atoms with Crippen LogP contribution in [0.15, 0.2) is 206 Å². The van der Waals surface area contributed by atoms with Crippen molar-refractivity contribution in [1.82, 2.24) is 19.1 Å². The van der Waals surface area contributed by atoms with E-state index in [0.29, 0.717) is 0 Å². The van der Waals surface area contributed by atoms with Crippen LogP contribution >= 0.6 is 0 Å². The lowest BCUT2D eigenvalue weighted by Gasteiger charge is -2.11. The van der Waals surface area contributed by atoms with Gasteiger partial charge < -0.3 is 9.13 Å². The molecule has 7 aromatic carbocycles. The highest BCUT2D eigenvalue weighted by Gasteiger charge is 2.17. The summed E-state index contributed by atoms with van der Waals surface area (Å²) in [6, 6.07) is 71.2. The summed E-state index contributed by atoms with van der Waals surface area (Å²) in [5, 5.41) is 4.95. The molecule has 0 amide bonds. The molecule has 0 fully saturated rings. The first-order chi connectivity index (χ1) is 27.8. The molecule has 0 radical (unpaired) electrons. The smallest absolute Gasteiger partial charge is 0.0725 e. The van der Waals surface area contributed by atoms with Gasteiger partial charge in [0.1, 0.15) is 0 Å². The molecule has 4 heterocycles. The molecule has 11 aromatic rings. The van der Waals surface area contributed by atoms with Crippen LogP contribution in [-0.2, 0) is 0 Å². The molecule has 0 aliphatic heterocycles. The molecular weight excluding hydrogens is 681 g/mol. The summed E-state index contributed by atoms with van der Waals surface area (Å²) >= 11 is 0. The van der Waals surface area contributed by atoms with Crippen LogP contribution in [0, 0.1) is 0 Å². The molecule has 4 nitrogen and oxygen atoms in total. The van der Waals surface area contributed by atoms with E-state index < -0.39 is 0 Å². The predicted octanol–water partition coefficient (Wildman–Crippen LogP) is 13.3. The Balaban J connectivity index is 0.984. The highest BCUT2D eigenvalue weighted by Crippen LogP contribution is 2.39. The lowest BCUT2D eigenvalue weighted by Crippen LogP contribution is -1.95. The van der Waals surface area contributed by atoms with Crippen LogP contribution in [0.3, 0.4) is 0 Å².